The standard InChI is InChI=1S/C12H10FN3O2/c1-14-10-6-9(12(17)18)15-11(16-10)7-4-2-3-5-8(7)13/h2-6H,1H3,(H,17,18)(H,14,15,16). The number of aromatic carboxylic acids is 1. The molecule has 18 heavy (non-hydrogen) atoms. The van der Waals surface area contributed by atoms with Gasteiger partial charge in [0.2, 0.25) is 0 Å². The highest BCUT2D eigenvalue weighted by Gasteiger charge is 2.13. The van der Waals surface area contributed by atoms with E-state index in [2.05, 4.69) is 15.3 Å². The number of hydrogen-bond donors (Lipinski definition) is 2. The van der Waals surface area contributed by atoms with E-state index in [1.807, 2.05) is 0 Å². The van der Waals surface area contributed by atoms with Gasteiger partial charge in [-0.3, -0.25) is 0 Å². The van der Waals surface area contributed by atoms with Gasteiger partial charge in [-0.05, 0) is 12.1 Å². The lowest BCUT2D eigenvalue weighted by molar-refractivity contribution is 0.0690. The molecule has 0 amide bonds. The van der Waals surface area contributed by atoms with E-state index in [-0.39, 0.29) is 17.1 Å². The summed E-state index contributed by atoms with van der Waals surface area (Å²) >= 11 is 0. The Kier molecular flexibility index (Phi) is 3.18. The molecule has 6 heteroatoms. The first-order valence-electron chi connectivity index (χ1n) is 5.17. The number of halogens is 1. The molecule has 0 spiro atoms. The minimum Gasteiger partial charge on any atom is -0.477 e. The normalized spacial score (nSPS) is 10.1. The molecule has 2 aromatic rings. The zero-order chi connectivity index (χ0) is 13.1. The van der Waals surface area contributed by atoms with Crippen LogP contribution in [-0.4, -0.2) is 28.1 Å². The second-order valence-corrected chi connectivity index (χ2v) is 3.50. The van der Waals surface area contributed by atoms with Gasteiger partial charge in [0.15, 0.2) is 11.5 Å². The van der Waals surface area contributed by atoms with Crippen molar-refractivity contribution >= 4 is 11.8 Å². The summed E-state index contributed by atoms with van der Waals surface area (Å²) in [6.45, 7) is 0. The maximum Gasteiger partial charge on any atom is 0.354 e. The maximum absolute atomic E-state index is 13.6. The van der Waals surface area contributed by atoms with Crippen LogP contribution in [0.4, 0.5) is 10.2 Å². The molecule has 0 saturated carbocycles. The van der Waals surface area contributed by atoms with Crippen molar-refractivity contribution < 1.29 is 14.3 Å². The van der Waals surface area contributed by atoms with Gasteiger partial charge in [0.1, 0.15) is 11.6 Å². The number of nitrogens with zero attached hydrogens (tertiary/aromatic N) is 2. The minimum atomic E-state index is -1.19. The highest BCUT2D eigenvalue weighted by molar-refractivity contribution is 5.87. The lowest BCUT2D eigenvalue weighted by Gasteiger charge is -2.06. The zero-order valence-corrected chi connectivity index (χ0v) is 9.51. The van der Waals surface area contributed by atoms with Gasteiger partial charge in [0.05, 0.1) is 5.56 Å². The number of benzene rings is 1. The van der Waals surface area contributed by atoms with Gasteiger partial charge in [-0.2, -0.15) is 0 Å². The van der Waals surface area contributed by atoms with E-state index in [0.717, 1.165) is 0 Å². The molecule has 2 rings (SSSR count). The third-order valence-electron chi connectivity index (χ3n) is 2.32. The van der Waals surface area contributed by atoms with Crippen LogP contribution in [0.5, 0.6) is 0 Å². The van der Waals surface area contributed by atoms with Gasteiger partial charge < -0.3 is 10.4 Å². The summed E-state index contributed by atoms with van der Waals surface area (Å²) in [5.41, 5.74) is -0.0234. The summed E-state index contributed by atoms with van der Waals surface area (Å²) in [6, 6.07) is 7.22. The van der Waals surface area contributed by atoms with Crippen molar-refractivity contribution in [3.63, 3.8) is 0 Å². The third-order valence-corrected chi connectivity index (χ3v) is 2.32. The molecule has 92 valence electrons. The van der Waals surface area contributed by atoms with Crippen molar-refractivity contribution in [3.8, 4) is 11.4 Å². The van der Waals surface area contributed by atoms with Crippen LogP contribution < -0.4 is 5.32 Å². The van der Waals surface area contributed by atoms with E-state index in [4.69, 9.17) is 5.11 Å². The fraction of sp³-hybridized carbons (Fsp3) is 0.0833. The Bertz CT molecular complexity index is 602. The van der Waals surface area contributed by atoms with Crippen LogP contribution >= 0.6 is 0 Å². The summed E-state index contributed by atoms with van der Waals surface area (Å²) in [7, 11) is 1.60. The number of hydrogen-bond acceptors (Lipinski definition) is 4. The number of carboxylic acid groups (broad SMARTS) is 1. The SMILES string of the molecule is CNc1cc(C(=O)O)nc(-c2ccccc2F)n1. The van der Waals surface area contributed by atoms with Crippen molar-refractivity contribution in [2.45, 2.75) is 0 Å². The molecule has 2 N–H and O–H groups in total. The first kappa shape index (κ1) is 12.0. The molecule has 0 aliphatic heterocycles. The zero-order valence-electron chi connectivity index (χ0n) is 9.51. The summed E-state index contributed by atoms with van der Waals surface area (Å²) in [4.78, 5) is 18.8. The van der Waals surface area contributed by atoms with Crippen LogP contribution in [0.25, 0.3) is 11.4 Å². The van der Waals surface area contributed by atoms with Crippen molar-refractivity contribution in [1.82, 2.24) is 9.97 Å². The van der Waals surface area contributed by atoms with E-state index in [1.165, 1.54) is 18.2 Å². The first-order valence-corrected chi connectivity index (χ1v) is 5.17. The smallest absolute Gasteiger partial charge is 0.354 e. The Balaban J connectivity index is 2.60. The van der Waals surface area contributed by atoms with Crippen LogP contribution in [0.3, 0.4) is 0 Å². The summed E-state index contributed by atoms with van der Waals surface area (Å²) in [5, 5.41) is 11.6. The molecule has 1 aromatic carbocycles. The summed E-state index contributed by atoms with van der Waals surface area (Å²) in [6.07, 6.45) is 0. The molecule has 0 aliphatic carbocycles. The molecule has 1 heterocycles. The van der Waals surface area contributed by atoms with Crippen molar-refractivity contribution in [2.24, 2.45) is 0 Å². The predicted octanol–water partition coefficient (Wildman–Crippen LogP) is 2.02. The van der Waals surface area contributed by atoms with E-state index in [1.54, 1.807) is 19.2 Å². The van der Waals surface area contributed by atoms with Gasteiger partial charge in [-0.15, -0.1) is 0 Å². The monoisotopic (exact) mass is 247 g/mol. The fourth-order valence-electron chi connectivity index (χ4n) is 1.45. The van der Waals surface area contributed by atoms with Gasteiger partial charge in [0, 0.05) is 13.1 Å². The Labute approximate surface area is 102 Å². The van der Waals surface area contributed by atoms with Crippen molar-refractivity contribution in [2.75, 3.05) is 12.4 Å². The Morgan fingerprint density at radius 3 is 2.67 bits per heavy atom. The molecular formula is C12H10FN3O2. The van der Waals surface area contributed by atoms with E-state index >= 15 is 0 Å². The quantitative estimate of drug-likeness (QED) is 0.867. The van der Waals surface area contributed by atoms with Crippen molar-refractivity contribution in [3.05, 3.63) is 41.8 Å². The molecular weight excluding hydrogens is 237 g/mol. The predicted molar refractivity (Wildman–Crippen MR) is 63.9 cm³/mol. The van der Waals surface area contributed by atoms with E-state index in [9.17, 15) is 9.18 Å². The number of carbonyl (C=O) groups is 1. The minimum absolute atomic E-state index is 0.0392. The Morgan fingerprint density at radius 2 is 2.06 bits per heavy atom. The maximum atomic E-state index is 13.6. The van der Waals surface area contributed by atoms with Crippen LogP contribution in [0.15, 0.2) is 30.3 Å². The number of nitrogens with one attached hydrogen (secondary N) is 1. The third kappa shape index (κ3) is 2.27. The Hall–Kier alpha value is -2.50. The number of anilines is 1. The van der Waals surface area contributed by atoms with Crippen LogP contribution in [0, 0.1) is 5.82 Å². The average molecular weight is 247 g/mol. The molecule has 5 nitrogen and oxygen atoms in total. The highest BCUT2D eigenvalue weighted by atomic mass is 19.1. The fourth-order valence-corrected chi connectivity index (χ4v) is 1.45. The van der Waals surface area contributed by atoms with Crippen molar-refractivity contribution in [1.29, 1.82) is 0 Å². The highest BCUT2D eigenvalue weighted by Crippen LogP contribution is 2.20. The molecule has 1 aromatic heterocycles. The number of aromatic nitrogens is 2. The second kappa shape index (κ2) is 4.79. The number of carboxylic acids is 1. The van der Waals surface area contributed by atoms with Gasteiger partial charge in [-0.25, -0.2) is 19.2 Å². The van der Waals surface area contributed by atoms with Crippen LogP contribution in [-0.2, 0) is 0 Å². The molecule has 0 atom stereocenters. The molecule has 0 saturated heterocycles. The molecule has 0 radical (unpaired) electrons. The lowest BCUT2D eigenvalue weighted by Crippen LogP contribution is -2.06. The molecule has 0 bridgehead atoms. The molecule has 0 aliphatic rings. The summed E-state index contributed by atoms with van der Waals surface area (Å²) in [5.74, 6) is -1.33. The average Bonchev–Trinajstić information content (AvgIpc) is 2.38. The summed E-state index contributed by atoms with van der Waals surface area (Å²) < 4.78 is 13.6. The largest absolute Gasteiger partial charge is 0.477 e. The molecule has 0 fully saturated rings. The van der Waals surface area contributed by atoms with E-state index in [0.29, 0.717) is 5.82 Å². The second-order valence-electron chi connectivity index (χ2n) is 3.50. The van der Waals surface area contributed by atoms with Gasteiger partial charge in [0.25, 0.3) is 0 Å². The van der Waals surface area contributed by atoms with E-state index < -0.39 is 11.8 Å². The van der Waals surface area contributed by atoms with Gasteiger partial charge in [-0.1, -0.05) is 12.1 Å². The Morgan fingerprint density at radius 1 is 1.33 bits per heavy atom. The first-order chi connectivity index (χ1) is 8.61. The molecule has 0 unspecified atom stereocenters. The van der Waals surface area contributed by atoms with Crippen LogP contribution in [0.2, 0.25) is 0 Å². The lowest BCUT2D eigenvalue weighted by atomic mass is 10.2. The number of rotatable bonds is 3. The van der Waals surface area contributed by atoms with Crippen LogP contribution in [0.1, 0.15) is 10.5 Å². The van der Waals surface area contributed by atoms with Gasteiger partial charge >= 0.3 is 5.97 Å². The topological polar surface area (TPSA) is 75.1 Å².